The number of carbonyl (C=O) groups excluding carboxylic acids is 1. The van der Waals surface area contributed by atoms with E-state index in [0.717, 1.165) is 0 Å². The molecule has 0 fully saturated rings. The van der Waals surface area contributed by atoms with E-state index in [1.165, 1.54) is 12.3 Å². The summed E-state index contributed by atoms with van der Waals surface area (Å²) in [6.45, 7) is 1.59. The van der Waals surface area contributed by atoms with Crippen LogP contribution < -0.4 is 5.32 Å². The van der Waals surface area contributed by atoms with Gasteiger partial charge in [0, 0.05) is 18.0 Å². The number of hydrogen-bond acceptors (Lipinski definition) is 5. The smallest absolute Gasteiger partial charge is 0.285 e. The second-order valence-electron chi connectivity index (χ2n) is 5.04. The lowest BCUT2D eigenvalue weighted by molar-refractivity contribution is -0.385. The van der Waals surface area contributed by atoms with E-state index < -0.39 is 10.8 Å². The molecule has 1 N–H and O–H groups in total. The Kier molecular flexibility index (Phi) is 4.02. The highest BCUT2D eigenvalue weighted by molar-refractivity contribution is 6.07. The quantitative estimate of drug-likeness (QED) is 0.587. The van der Waals surface area contributed by atoms with E-state index in [2.05, 4.69) is 15.4 Å². The summed E-state index contributed by atoms with van der Waals surface area (Å²) in [6, 6.07) is 9.74. The molecule has 0 saturated heterocycles. The number of aromatic nitrogens is 3. The van der Waals surface area contributed by atoms with Crippen molar-refractivity contribution in [1.82, 2.24) is 14.8 Å². The second kappa shape index (κ2) is 6.29. The molecule has 0 spiro atoms. The van der Waals surface area contributed by atoms with Gasteiger partial charge in [-0.05, 0) is 31.2 Å². The largest absolute Gasteiger partial charge is 0.320 e. The number of amides is 1. The van der Waals surface area contributed by atoms with E-state index in [9.17, 15) is 14.9 Å². The molecule has 3 rings (SSSR count). The molecular formula is C16H13N5O3. The average Bonchev–Trinajstić information content (AvgIpc) is 3.09. The van der Waals surface area contributed by atoms with Gasteiger partial charge in [-0.3, -0.25) is 14.9 Å². The van der Waals surface area contributed by atoms with E-state index in [1.54, 1.807) is 54.3 Å². The Morgan fingerprint density at radius 2 is 2.08 bits per heavy atom. The molecular weight excluding hydrogens is 310 g/mol. The third-order valence-electron chi connectivity index (χ3n) is 3.41. The second-order valence-corrected chi connectivity index (χ2v) is 5.04. The van der Waals surface area contributed by atoms with Crippen molar-refractivity contribution in [3.05, 3.63) is 76.2 Å². The molecule has 1 aromatic carbocycles. The Morgan fingerprint density at radius 1 is 1.25 bits per heavy atom. The van der Waals surface area contributed by atoms with Crippen molar-refractivity contribution in [1.29, 1.82) is 0 Å². The third kappa shape index (κ3) is 2.98. The number of nitrogens with one attached hydrogen (secondary N) is 1. The van der Waals surface area contributed by atoms with Gasteiger partial charge < -0.3 is 5.32 Å². The monoisotopic (exact) mass is 323 g/mol. The highest BCUT2D eigenvalue weighted by Crippen LogP contribution is 2.24. The molecule has 0 radical (unpaired) electrons. The number of anilines is 1. The minimum Gasteiger partial charge on any atom is -0.320 e. The van der Waals surface area contributed by atoms with Gasteiger partial charge >= 0.3 is 0 Å². The van der Waals surface area contributed by atoms with Crippen LogP contribution in [0.2, 0.25) is 0 Å². The standard InChI is InChI=1S/C16H13N5O3/c1-11-4-2-5-13(15(11)21(23)24)16(22)19-12-6-7-14(17-10-12)20-9-3-8-18-20/h2-10H,1H3,(H,19,22). The summed E-state index contributed by atoms with van der Waals surface area (Å²) < 4.78 is 1.58. The summed E-state index contributed by atoms with van der Waals surface area (Å²) >= 11 is 0. The zero-order valence-corrected chi connectivity index (χ0v) is 12.7. The van der Waals surface area contributed by atoms with Crippen molar-refractivity contribution < 1.29 is 9.72 Å². The number of carbonyl (C=O) groups is 1. The van der Waals surface area contributed by atoms with Crippen molar-refractivity contribution in [2.45, 2.75) is 6.92 Å². The van der Waals surface area contributed by atoms with Gasteiger partial charge in [-0.15, -0.1) is 0 Å². The number of hydrogen-bond donors (Lipinski definition) is 1. The number of para-hydroxylation sites is 1. The fraction of sp³-hybridized carbons (Fsp3) is 0.0625. The van der Waals surface area contributed by atoms with Gasteiger partial charge in [-0.1, -0.05) is 12.1 Å². The highest BCUT2D eigenvalue weighted by atomic mass is 16.6. The Hall–Kier alpha value is -3.55. The molecule has 0 aliphatic carbocycles. The Labute approximate surface area is 136 Å². The number of nitro groups is 1. The van der Waals surface area contributed by atoms with Crippen LogP contribution in [-0.4, -0.2) is 25.6 Å². The van der Waals surface area contributed by atoms with Gasteiger partial charge in [-0.25, -0.2) is 9.67 Å². The fourth-order valence-electron chi connectivity index (χ4n) is 2.28. The van der Waals surface area contributed by atoms with Crippen LogP contribution in [0.25, 0.3) is 5.82 Å². The molecule has 24 heavy (non-hydrogen) atoms. The van der Waals surface area contributed by atoms with Crippen molar-refractivity contribution >= 4 is 17.3 Å². The topological polar surface area (TPSA) is 103 Å². The molecule has 0 aliphatic rings. The maximum Gasteiger partial charge on any atom is 0.285 e. The molecule has 2 heterocycles. The van der Waals surface area contributed by atoms with Crippen LogP contribution in [0, 0.1) is 17.0 Å². The molecule has 8 nitrogen and oxygen atoms in total. The van der Waals surface area contributed by atoms with Crippen molar-refractivity contribution in [3.8, 4) is 5.82 Å². The zero-order valence-electron chi connectivity index (χ0n) is 12.7. The summed E-state index contributed by atoms with van der Waals surface area (Å²) in [5, 5.41) is 17.9. The molecule has 1 amide bonds. The number of aryl methyl sites for hydroxylation is 1. The highest BCUT2D eigenvalue weighted by Gasteiger charge is 2.22. The first-order valence-electron chi connectivity index (χ1n) is 7.07. The summed E-state index contributed by atoms with van der Waals surface area (Å²) in [5.41, 5.74) is 0.679. The predicted octanol–water partition coefficient (Wildman–Crippen LogP) is 2.74. The predicted molar refractivity (Wildman–Crippen MR) is 87.1 cm³/mol. The molecule has 120 valence electrons. The van der Waals surface area contributed by atoms with Crippen LogP contribution in [0.1, 0.15) is 15.9 Å². The first-order chi connectivity index (χ1) is 11.6. The van der Waals surface area contributed by atoms with Gasteiger partial charge in [0.15, 0.2) is 5.82 Å². The molecule has 0 aliphatic heterocycles. The maximum absolute atomic E-state index is 12.3. The number of nitrogens with zero attached hydrogens (tertiary/aromatic N) is 4. The summed E-state index contributed by atoms with van der Waals surface area (Å²) in [6.07, 6.45) is 4.85. The van der Waals surface area contributed by atoms with Gasteiger partial charge in [0.25, 0.3) is 11.6 Å². The van der Waals surface area contributed by atoms with Gasteiger partial charge in [0.2, 0.25) is 0 Å². The lowest BCUT2D eigenvalue weighted by atomic mass is 10.1. The zero-order chi connectivity index (χ0) is 17.1. The van der Waals surface area contributed by atoms with Gasteiger partial charge in [-0.2, -0.15) is 5.10 Å². The summed E-state index contributed by atoms with van der Waals surface area (Å²) in [5.74, 6) is 0.0403. The minimum atomic E-state index is -0.556. The first kappa shape index (κ1) is 15.3. The first-order valence-corrected chi connectivity index (χ1v) is 7.07. The maximum atomic E-state index is 12.3. The number of pyridine rings is 1. The van der Waals surface area contributed by atoms with Crippen LogP contribution in [0.15, 0.2) is 55.0 Å². The Bertz CT molecular complexity index is 889. The SMILES string of the molecule is Cc1cccc(C(=O)Nc2ccc(-n3cccn3)nc2)c1[N+](=O)[O-]. The number of nitro benzene ring substituents is 1. The molecule has 3 aromatic rings. The molecule has 8 heteroatoms. The molecule has 0 unspecified atom stereocenters. The average molecular weight is 323 g/mol. The van der Waals surface area contributed by atoms with E-state index in [1.807, 2.05) is 0 Å². The lowest BCUT2D eigenvalue weighted by Crippen LogP contribution is -2.15. The van der Waals surface area contributed by atoms with Crippen molar-refractivity contribution in [3.63, 3.8) is 0 Å². The van der Waals surface area contributed by atoms with E-state index in [4.69, 9.17) is 0 Å². The molecule has 2 aromatic heterocycles. The Balaban J connectivity index is 1.83. The van der Waals surface area contributed by atoms with E-state index >= 15 is 0 Å². The summed E-state index contributed by atoms with van der Waals surface area (Å²) in [7, 11) is 0. The third-order valence-corrected chi connectivity index (χ3v) is 3.41. The van der Waals surface area contributed by atoms with E-state index in [-0.39, 0.29) is 11.3 Å². The molecule has 0 saturated carbocycles. The molecule has 0 atom stereocenters. The van der Waals surface area contributed by atoms with Crippen LogP contribution in [-0.2, 0) is 0 Å². The van der Waals surface area contributed by atoms with Crippen LogP contribution in [0.4, 0.5) is 11.4 Å². The minimum absolute atomic E-state index is 0.0103. The van der Waals surface area contributed by atoms with Crippen molar-refractivity contribution in [2.24, 2.45) is 0 Å². The van der Waals surface area contributed by atoms with Gasteiger partial charge in [0.05, 0.1) is 16.8 Å². The fourth-order valence-corrected chi connectivity index (χ4v) is 2.28. The molecule has 0 bridgehead atoms. The number of rotatable bonds is 4. The van der Waals surface area contributed by atoms with Crippen molar-refractivity contribution in [2.75, 3.05) is 5.32 Å². The van der Waals surface area contributed by atoms with Crippen LogP contribution >= 0.6 is 0 Å². The Morgan fingerprint density at radius 3 is 2.71 bits per heavy atom. The number of benzene rings is 1. The normalized spacial score (nSPS) is 10.4. The van der Waals surface area contributed by atoms with Crippen LogP contribution in [0.3, 0.4) is 0 Å². The van der Waals surface area contributed by atoms with Gasteiger partial charge in [0.1, 0.15) is 5.56 Å². The summed E-state index contributed by atoms with van der Waals surface area (Å²) in [4.78, 5) is 27.2. The lowest BCUT2D eigenvalue weighted by Gasteiger charge is -2.07. The van der Waals surface area contributed by atoms with E-state index in [0.29, 0.717) is 17.1 Å². The van der Waals surface area contributed by atoms with Crippen LogP contribution in [0.5, 0.6) is 0 Å².